The summed E-state index contributed by atoms with van der Waals surface area (Å²) in [5.74, 6) is 0. The van der Waals surface area contributed by atoms with Gasteiger partial charge in [-0.05, 0) is 56.5 Å². The van der Waals surface area contributed by atoms with Gasteiger partial charge in [-0.2, -0.15) is 0 Å². The number of hydrogen-bond acceptors (Lipinski definition) is 3. The second-order valence-electron chi connectivity index (χ2n) is 4.97. The average Bonchev–Trinajstić information content (AvgIpc) is 2.54. The van der Waals surface area contributed by atoms with Crippen LogP contribution in [0.25, 0.3) is 0 Å². The highest BCUT2D eigenvalue weighted by molar-refractivity contribution is 7.80. The quantitative estimate of drug-likeness (QED) is 0.619. The number of rotatable bonds is 4. The van der Waals surface area contributed by atoms with Crippen molar-refractivity contribution in [1.29, 1.82) is 0 Å². The Morgan fingerprint density at radius 1 is 0.955 bits per heavy atom. The molecule has 2 aromatic carbocycles. The first kappa shape index (κ1) is 18.3. The Morgan fingerprint density at radius 3 is 1.91 bits per heavy atom. The van der Waals surface area contributed by atoms with Crippen LogP contribution in [0.2, 0.25) is 0 Å². The second kappa shape index (κ2) is 8.67. The summed E-state index contributed by atoms with van der Waals surface area (Å²) in [5, 5.41) is 0.451. The van der Waals surface area contributed by atoms with Crippen LogP contribution in [0.3, 0.4) is 0 Å². The Kier molecular flexibility index (Phi) is 7.23. The zero-order valence-electron chi connectivity index (χ0n) is 13.6. The summed E-state index contributed by atoms with van der Waals surface area (Å²) < 4.78 is 16.7. The van der Waals surface area contributed by atoms with Crippen molar-refractivity contribution in [2.75, 3.05) is 6.61 Å². The molecule has 2 aromatic rings. The molecule has 4 heteroatoms. The topological polar surface area (TPSA) is 43.4 Å². The molecule has 1 atom stereocenters. The number of carbonyl (C=O) groups excluding carboxylic acids is 1. The molecule has 1 unspecified atom stereocenters. The molecule has 118 valence electrons. The molecule has 0 aromatic heterocycles. The summed E-state index contributed by atoms with van der Waals surface area (Å²) in [6.45, 7) is 8.42. The van der Waals surface area contributed by atoms with Gasteiger partial charge in [0.2, 0.25) is 6.03 Å². The zero-order valence-corrected chi connectivity index (χ0v) is 14.5. The maximum Gasteiger partial charge on any atom is 0.292 e. The van der Waals surface area contributed by atoms with Gasteiger partial charge in [0, 0.05) is 5.30 Å². The number of aryl methyl sites for hydroxylation is 2. The van der Waals surface area contributed by atoms with Gasteiger partial charge in [0.05, 0.1) is 6.61 Å². The molecule has 0 radical (unpaired) electrons. The molecule has 0 heterocycles. The van der Waals surface area contributed by atoms with E-state index in [1.54, 1.807) is 37.3 Å². The highest BCUT2D eigenvalue weighted by Gasteiger charge is 2.23. The smallest absolute Gasteiger partial charge is 0.292 e. The molecule has 0 fully saturated rings. The zero-order chi connectivity index (χ0) is 16.6. The first-order valence-corrected chi connectivity index (χ1v) is 8.93. The molecule has 0 amide bonds. The van der Waals surface area contributed by atoms with Gasteiger partial charge in [-0.15, -0.1) is 0 Å². The molecule has 0 spiro atoms. The van der Waals surface area contributed by atoms with Crippen LogP contribution in [0.4, 0.5) is 0 Å². The van der Waals surface area contributed by atoms with E-state index in [1.165, 1.54) is 16.7 Å². The molecule has 0 N–H and O–H groups in total. The standard InChI is InChI=1S/C9H11O3P.C9H12/c1-2-12-13(11,8-10)9-6-4-3-5-7-9;1-7-5-4-6-8(2)9(7)3/h3-8H,2H2,1H3;4-6H,1-3H3. The Hall–Kier alpha value is -1.70. The lowest BCUT2D eigenvalue weighted by atomic mass is 10.1. The van der Waals surface area contributed by atoms with Crippen LogP contribution >= 0.6 is 7.37 Å². The van der Waals surface area contributed by atoms with Gasteiger partial charge in [0.25, 0.3) is 7.37 Å². The molecular formula is C18H23O3P. The summed E-state index contributed by atoms with van der Waals surface area (Å²) in [6.07, 6.45) is 0. The van der Waals surface area contributed by atoms with Gasteiger partial charge >= 0.3 is 0 Å². The van der Waals surface area contributed by atoms with Crippen LogP contribution in [0.15, 0.2) is 48.5 Å². The third-order valence-corrected chi connectivity index (χ3v) is 5.39. The molecular weight excluding hydrogens is 295 g/mol. The minimum atomic E-state index is -3.23. The summed E-state index contributed by atoms with van der Waals surface area (Å²) in [6, 6.07) is 15.3. The normalized spacial score (nSPS) is 12.7. The van der Waals surface area contributed by atoms with Crippen molar-refractivity contribution in [2.24, 2.45) is 0 Å². The van der Waals surface area contributed by atoms with Crippen molar-refractivity contribution < 1.29 is 13.9 Å². The van der Waals surface area contributed by atoms with E-state index in [0.717, 1.165) is 0 Å². The fourth-order valence-electron chi connectivity index (χ4n) is 1.89. The largest absolute Gasteiger partial charge is 0.321 e. The lowest BCUT2D eigenvalue weighted by molar-refractivity contribution is 0.348. The maximum absolute atomic E-state index is 11.8. The van der Waals surface area contributed by atoms with E-state index in [4.69, 9.17) is 4.52 Å². The van der Waals surface area contributed by atoms with Gasteiger partial charge in [-0.25, -0.2) is 0 Å². The first-order valence-electron chi connectivity index (χ1n) is 7.23. The number of benzene rings is 2. The van der Waals surface area contributed by atoms with Crippen LogP contribution in [-0.2, 0) is 13.9 Å². The summed E-state index contributed by atoms with van der Waals surface area (Å²) in [5.41, 5.74) is 4.18. The van der Waals surface area contributed by atoms with Crippen molar-refractivity contribution >= 4 is 18.7 Å². The van der Waals surface area contributed by atoms with Crippen molar-refractivity contribution in [3.63, 3.8) is 0 Å². The third kappa shape index (κ3) is 4.94. The lowest BCUT2D eigenvalue weighted by Crippen LogP contribution is -2.07. The van der Waals surface area contributed by atoms with Gasteiger partial charge in [-0.1, -0.05) is 36.4 Å². The molecule has 2 rings (SSSR count). The predicted octanol–water partition coefficient (Wildman–Crippen LogP) is 4.43. The van der Waals surface area contributed by atoms with Gasteiger partial charge in [0.1, 0.15) is 0 Å². The summed E-state index contributed by atoms with van der Waals surface area (Å²) in [7, 11) is -3.23. The Bertz CT molecular complexity index is 630. The molecule has 0 bridgehead atoms. The molecule has 3 nitrogen and oxygen atoms in total. The van der Waals surface area contributed by atoms with Crippen molar-refractivity contribution in [2.45, 2.75) is 27.7 Å². The average molecular weight is 318 g/mol. The minimum Gasteiger partial charge on any atom is -0.321 e. The van der Waals surface area contributed by atoms with Crippen LogP contribution in [0, 0.1) is 20.8 Å². The monoisotopic (exact) mass is 318 g/mol. The van der Waals surface area contributed by atoms with Gasteiger partial charge in [0.15, 0.2) is 0 Å². The SMILES string of the molecule is CCOP(=O)(C=O)c1ccccc1.Cc1cccc(C)c1C. The minimum absolute atomic E-state index is 0.269. The maximum atomic E-state index is 11.8. The molecule has 0 aliphatic rings. The fraction of sp³-hybridized carbons (Fsp3) is 0.278. The Balaban J connectivity index is 0.000000235. The molecule has 0 saturated carbocycles. The van der Waals surface area contributed by atoms with Crippen molar-refractivity contribution in [1.82, 2.24) is 0 Å². The highest BCUT2D eigenvalue weighted by Crippen LogP contribution is 2.41. The summed E-state index contributed by atoms with van der Waals surface area (Å²) in [4.78, 5) is 10.6. The van der Waals surface area contributed by atoms with Crippen molar-refractivity contribution in [3.8, 4) is 0 Å². The van der Waals surface area contributed by atoms with E-state index in [1.807, 2.05) is 0 Å². The predicted molar refractivity (Wildman–Crippen MR) is 92.7 cm³/mol. The van der Waals surface area contributed by atoms with Crippen LogP contribution in [-0.4, -0.2) is 12.6 Å². The summed E-state index contributed by atoms with van der Waals surface area (Å²) >= 11 is 0. The Labute approximate surface area is 132 Å². The van der Waals surface area contributed by atoms with Gasteiger partial charge in [-0.3, -0.25) is 9.36 Å². The lowest BCUT2D eigenvalue weighted by Gasteiger charge is -2.10. The molecule has 0 saturated heterocycles. The van der Waals surface area contributed by atoms with E-state index >= 15 is 0 Å². The third-order valence-electron chi connectivity index (χ3n) is 3.45. The molecule has 0 aliphatic carbocycles. The molecule has 22 heavy (non-hydrogen) atoms. The first-order chi connectivity index (χ1) is 10.4. The van der Waals surface area contributed by atoms with E-state index in [2.05, 4.69) is 39.0 Å². The number of hydrogen-bond donors (Lipinski definition) is 0. The second-order valence-corrected chi connectivity index (χ2v) is 7.15. The van der Waals surface area contributed by atoms with E-state index in [0.29, 0.717) is 11.3 Å². The van der Waals surface area contributed by atoms with E-state index in [-0.39, 0.29) is 6.61 Å². The molecule has 0 aliphatic heterocycles. The van der Waals surface area contributed by atoms with E-state index in [9.17, 15) is 9.36 Å². The van der Waals surface area contributed by atoms with Crippen LogP contribution in [0.5, 0.6) is 0 Å². The van der Waals surface area contributed by atoms with Crippen molar-refractivity contribution in [3.05, 3.63) is 65.2 Å². The highest BCUT2D eigenvalue weighted by atomic mass is 31.2. The van der Waals surface area contributed by atoms with Gasteiger partial charge < -0.3 is 4.52 Å². The van der Waals surface area contributed by atoms with Crippen LogP contribution < -0.4 is 5.30 Å². The number of carbonyl (C=O) groups is 1. The van der Waals surface area contributed by atoms with E-state index < -0.39 is 7.37 Å². The van der Waals surface area contributed by atoms with Crippen LogP contribution in [0.1, 0.15) is 23.6 Å². The Morgan fingerprint density at radius 2 is 1.50 bits per heavy atom. The fourth-order valence-corrected chi connectivity index (χ4v) is 3.19.